The first-order chi connectivity index (χ1) is 17.0. The molecule has 8 heteroatoms. The summed E-state index contributed by atoms with van der Waals surface area (Å²) in [6.07, 6.45) is 0.650. The van der Waals surface area contributed by atoms with Crippen LogP contribution < -0.4 is 5.32 Å². The quantitative estimate of drug-likeness (QED) is 0.348. The third-order valence-corrected chi connectivity index (χ3v) is 6.98. The Bertz CT molecular complexity index is 1090. The van der Waals surface area contributed by atoms with E-state index in [1.165, 1.54) is 24.3 Å². The molecule has 5 rings (SSSR count). The molecule has 0 aromatic heterocycles. The smallest absolute Gasteiger partial charge is 0.408 e. The monoisotopic (exact) mass is 497 g/mol. The van der Waals surface area contributed by atoms with E-state index < -0.39 is 23.7 Å². The molecule has 0 spiro atoms. The highest BCUT2D eigenvalue weighted by atomic mass is 19.1. The van der Waals surface area contributed by atoms with Gasteiger partial charge >= 0.3 is 12.1 Å². The lowest BCUT2D eigenvalue weighted by atomic mass is 9.82. The summed E-state index contributed by atoms with van der Waals surface area (Å²) < 4.78 is 25.2. The van der Waals surface area contributed by atoms with Crippen LogP contribution in [0.15, 0.2) is 54.6 Å². The summed E-state index contributed by atoms with van der Waals surface area (Å²) in [5.74, 6) is -0.756. The third-order valence-electron chi connectivity index (χ3n) is 6.98. The number of benzene rings is 2. The van der Waals surface area contributed by atoms with E-state index in [4.69, 9.17) is 9.47 Å². The summed E-state index contributed by atoms with van der Waals surface area (Å²) in [4.78, 5) is 38.8. The van der Waals surface area contributed by atoms with Crippen molar-refractivity contribution in [1.29, 1.82) is 0 Å². The summed E-state index contributed by atoms with van der Waals surface area (Å²) in [6, 6.07) is 13.5. The largest absolute Gasteiger partial charge is 0.454 e. The number of esters is 1. The topological polar surface area (TPSA) is 81.7 Å². The minimum atomic E-state index is -1.01. The number of quaternary nitrogens is 1. The summed E-state index contributed by atoms with van der Waals surface area (Å²) in [5.41, 5.74) is 0.374. The number of carbonyl (C=O) groups is 3. The standard InChI is InChI=1S/C28H33FN2O5/c1-28(2,3)36-27(34)30-25(21-7-5-4-6-8-21)26(33)35-24-18-31(15-13-20(24)14-16-31)17-23(32)19-9-11-22(29)12-10-19/h4-12,20,24-25H,13-18H2,1-3H3/p+1. The zero-order chi connectivity index (χ0) is 25.9. The van der Waals surface area contributed by atoms with E-state index in [1.54, 1.807) is 45.0 Å². The van der Waals surface area contributed by atoms with Gasteiger partial charge in [-0.25, -0.2) is 14.0 Å². The second-order valence-corrected chi connectivity index (χ2v) is 10.9. The number of rotatable bonds is 7. The normalized spacial score (nSPS) is 24.0. The number of hydrogen-bond acceptors (Lipinski definition) is 5. The maximum Gasteiger partial charge on any atom is 0.408 e. The molecule has 0 aliphatic carbocycles. The van der Waals surface area contributed by atoms with Crippen molar-refractivity contribution in [2.24, 2.45) is 5.92 Å². The highest BCUT2D eigenvalue weighted by Crippen LogP contribution is 2.36. The first-order valence-corrected chi connectivity index (χ1v) is 12.4. The minimum absolute atomic E-state index is 0.0471. The van der Waals surface area contributed by atoms with Crippen LogP contribution in [-0.2, 0) is 14.3 Å². The molecule has 36 heavy (non-hydrogen) atoms. The van der Waals surface area contributed by atoms with Crippen LogP contribution in [-0.4, -0.2) is 60.2 Å². The number of nitrogens with one attached hydrogen (secondary N) is 1. The molecule has 0 radical (unpaired) electrons. The lowest BCUT2D eigenvalue weighted by Gasteiger charge is -2.51. The van der Waals surface area contributed by atoms with E-state index >= 15 is 0 Å². The number of halogens is 1. The second-order valence-electron chi connectivity index (χ2n) is 10.9. The van der Waals surface area contributed by atoms with Crippen LogP contribution >= 0.6 is 0 Å². The molecule has 3 heterocycles. The molecule has 0 saturated carbocycles. The fourth-order valence-electron chi connectivity index (χ4n) is 5.17. The molecular weight excluding hydrogens is 463 g/mol. The lowest BCUT2D eigenvalue weighted by molar-refractivity contribution is -0.938. The summed E-state index contributed by atoms with van der Waals surface area (Å²) >= 11 is 0. The Hall–Kier alpha value is -3.26. The van der Waals surface area contributed by atoms with Crippen LogP contribution in [0, 0.1) is 11.7 Å². The molecule has 2 aromatic carbocycles. The lowest BCUT2D eigenvalue weighted by Crippen LogP contribution is -2.66. The first kappa shape index (κ1) is 25.8. The number of carbonyl (C=O) groups excluding carboxylic acids is 3. The number of ether oxygens (including phenoxy) is 2. The number of amides is 1. The molecule has 7 nitrogen and oxygen atoms in total. The summed E-state index contributed by atoms with van der Waals surface area (Å²) in [5, 5.41) is 2.67. The molecule has 3 saturated heterocycles. The summed E-state index contributed by atoms with van der Waals surface area (Å²) in [7, 11) is 0. The highest BCUT2D eigenvalue weighted by Gasteiger charge is 2.49. The number of ketones is 1. The van der Waals surface area contributed by atoms with E-state index in [2.05, 4.69) is 5.32 Å². The Morgan fingerprint density at radius 2 is 1.67 bits per heavy atom. The number of fused-ring (bicyclic) bond motifs is 3. The molecule has 2 bridgehead atoms. The minimum Gasteiger partial charge on any atom is -0.454 e. The van der Waals surface area contributed by atoms with E-state index in [-0.39, 0.29) is 30.2 Å². The first-order valence-electron chi connectivity index (χ1n) is 12.4. The Morgan fingerprint density at radius 1 is 1.03 bits per heavy atom. The van der Waals surface area contributed by atoms with Crippen molar-refractivity contribution >= 4 is 17.8 Å². The van der Waals surface area contributed by atoms with Crippen molar-refractivity contribution in [1.82, 2.24) is 5.32 Å². The van der Waals surface area contributed by atoms with Gasteiger partial charge in [-0.05, 0) is 50.6 Å². The maximum absolute atomic E-state index is 13.4. The number of alkyl carbamates (subject to hydrolysis) is 1. The highest BCUT2D eigenvalue weighted by molar-refractivity contribution is 5.97. The van der Waals surface area contributed by atoms with Crippen LogP contribution in [0.1, 0.15) is 55.6 Å². The van der Waals surface area contributed by atoms with E-state index in [1.807, 2.05) is 6.07 Å². The van der Waals surface area contributed by atoms with Gasteiger partial charge in [-0.15, -0.1) is 0 Å². The Labute approximate surface area is 211 Å². The van der Waals surface area contributed by atoms with Crippen LogP contribution in [0.2, 0.25) is 0 Å². The number of Topliss-reactive ketones (excluding diaryl/α,β-unsaturated/α-hetero) is 1. The van der Waals surface area contributed by atoms with Gasteiger partial charge in [0.1, 0.15) is 24.5 Å². The van der Waals surface area contributed by atoms with Crippen LogP contribution in [0.3, 0.4) is 0 Å². The molecule has 3 fully saturated rings. The van der Waals surface area contributed by atoms with Gasteiger partial charge in [0, 0.05) is 24.3 Å². The Morgan fingerprint density at radius 3 is 2.28 bits per heavy atom. The molecule has 3 aliphatic heterocycles. The molecular formula is C28H34FN2O5+. The SMILES string of the molecule is CC(C)(C)OC(=O)NC(C(=O)OC1C[N+]2(CC(=O)c3ccc(F)cc3)CCC1CC2)c1ccccc1. The van der Waals surface area contributed by atoms with Crippen molar-refractivity contribution < 1.29 is 32.7 Å². The van der Waals surface area contributed by atoms with E-state index in [9.17, 15) is 18.8 Å². The fourth-order valence-corrected chi connectivity index (χ4v) is 5.17. The number of piperidine rings is 3. The molecule has 1 amide bonds. The van der Waals surface area contributed by atoms with Crippen molar-refractivity contribution in [3.8, 4) is 0 Å². The fraction of sp³-hybridized carbons (Fsp3) is 0.464. The average Bonchev–Trinajstić information content (AvgIpc) is 2.83. The van der Waals surface area contributed by atoms with Gasteiger partial charge in [0.05, 0.1) is 13.1 Å². The van der Waals surface area contributed by atoms with Crippen LogP contribution in [0.25, 0.3) is 0 Å². The van der Waals surface area contributed by atoms with Crippen molar-refractivity contribution in [3.05, 3.63) is 71.5 Å². The molecule has 1 N–H and O–H groups in total. The maximum atomic E-state index is 13.4. The van der Waals surface area contributed by atoms with Crippen molar-refractivity contribution in [2.75, 3.05) is 26.2 Å². The molecule has 3 aliphatic rings. The van der Waals surface area contributed by atoms with Gasteiger partial charge in [-0.1, -0.05) is 30.3 Å². The molecule has 2 atom stereocenters. The average molecular weight is 498 g/mol. The molecule has 192 valence electrons. The third kappa shape index (κ3) is 6.29. The van der Waals surface area contributed by atoms with E-state index in [0.717, 1.165) is 25.9 Å². The van der Waals surface area contributed by atoms with Crippen LogP contribution in [0.4, 0.5) is 9.18 Å². The predicted octanol–water partition coefficient (Wildman–Crippen LogP) is 4.43. The van der Waals surface area contributed by atoms with Gasteiger partial charge in [0.25, 0.3) is 0 Å². The van der Waals surface area contributed by atoms with Gasteiger partial charge in [-0.3, -0.25) is 4.79 Å². The number of nitrogens with zero attached hydrogens (tertiary/aromatic N) is 1. The van der Waals surface area contributed by atoms with Crippen molar-refractivity contribution in [2.45, 2.75) is 51.4 Å². The van der Waals surface area contributed by atoms with Gasteiger partial charge < -0.3 is 19.3 Å². The van der Waals surface area contributed by atoms with Gasteiger partial charge in [-0.2, -0.15) is 0 Å². The summed E-state index contributed by atoms with van der Waals surface area (Å²) in [6.45, 7) is 7.76. The van der Waals surface area contributed by atoms with Gasteiger partial charge in [0.15, 0.2) is 12.1 Å². The predicted molar refractivity (Wildman–Crippen MR) is 132 cm³/mol. The Balaban J connectivity index is 1.46. The van der Waals surface area contributed by atoms with E-state index in [0.29, 0.717) is 22.2 Å². The molecule has 2 aromatic rings. The zero-order valence-electron chi connectivity index (χ0n) is 21.0. The molecule has 2 unspecified atom stereocenters. The second kappa shape index (κ2) is 10.4. The Kier molecular flexibility index (Phi) is 7.45. The van der Waals surface area contributed by atoms with Crippen LogP contribution in [0.5, 0.6) is 0 Å². The zero-order valence-corrected chi connectivity index (χ0v) is 21.0. The van der Waals surface area contributed by atoms with Gasteiger partial charge in [0.2, 0.25) is 5.78 Å². The number of hydrogen-bond donors (Lipinski definition) is 1. The van der Waals surface area contributed by atoms with Crippen molar-refractivity contribution in [3.63, 3.8) is 0 Å².